The number of hydrogen-bond acceptors (Lipinski definition) is 3. The van der Waals surface area contributed by atoms with Crippen LogP contribution in [0.15, 0.2) is 48.5 Å². The van der Waals surface area contributed by atoms with Crippen molar-refractivity contribution in [3.05, 3.63) is 65.2 Å². The molecule has 2 aliphatic rings. The van der Waals surface area contributed by atoms with Crippen molar-refractivity contribution in [3.8, 4) is 5.75 Å². The Kier molecular flexibility index (Phi) is 4.23. The molecule has 4 nitrogen and oxygen atoms in total. The van der Waals surface area contributed by atoms with Crippen molar-refractivity contribution in [1.29, 1.82) is 0 Å². The van der Waals surface area contributed by atoms with Gasteiger partial charge in [0.15, 0.2) is 0 Å². The maximum absolute atomic E-state index is 12.8. The van der Waals surface area contributed by atoms with Crippen LogP contribution in [0.3, 0.4) is 0 Å². The van der Waals surface area contributed by atoms with E-state index < -0.39 is 0 Å². The lowest BCUT2D eigenvalue weighted by Crippen LogP contribution is -2.67. The minimum atomic E-state index is -0.157. The van der Waals surface area contributed by atoms with Gasteiger partial charge in [-0.2, -0.15) is 0 Å². The Bertz CT molecular complexity index is 820. The van der Waals surface area contributed by atoms with Crippen LogP contribution in [0.2, 0.25) is 0 Å². The van der Waals surface area contributed by atoms with Crippen molar-refractivity contribution in [3.63, 3.8) is 0 Å². The van der Waals surface area contributed by atoms with Gasteiger partial charge in [-0.05, 0) is 55.3 Å². The Labute approximate surface area is 154 Å². The third kappa shape index (κ3) is 2.88. The summed E-state index contributed by atoms with van der Waals surface area (Å²) in [7, 11) is 2.14. The second-order valence-electron chi connectivity index (χ2n) is 7.97. The quantitative estimate of drug-likeness (QED) is 0.895. The Morgan fingerprint density at radius 2 is 2.04 bits per heavy atom. The van der Waals surface area contributed by atoms with Crippen molar-refractivity contribution < 1.29 is 9.90 Å². The maximum atomic E-state index is 12.8. The molecular formula is C22H26N2O2. The molecule has 136 valence electrons. The molecule has 1 saturated heterocycles. The van der Waals surface area contributed by atoms with Crippen LogP contribution in [0.25, 0.3) is 0 Å². The summed E-state index contributed by atoms with van der Waals surface area (Å²) >= 11 is 0. The second-order valence-corrected chi connectivity index (χ2v) is 7.97. The summed E-state index contributed by atoms with van der Waals surface area (Å²) in [6.45, 7) is 3.24. The number of benzene rings is 2. The highest BCUT2D eigenvalue weighted by Gasteiger charge is 2.50. The lowest BCUT2D eigenvalue weighted by molar-refractivity contribution is -0.123. The number of rotatable bonds is 3. The van der Waals surface area contributed by atoms with Crippen LogP contribution in [0, 0.1) is 0 Å². The minimum Gasteiger partial charge on any atom is -0.508 e. The number of nitrogens with one attached hydrogen (secondary N) is 1. The zero-order chi connectivity index (χ0) is 18.3. The number of phenolic OH excluding ortho intramolecular Hbond substituents is 1. The van der Waals surface area contributed by atoms with E-state index in [0.717, 1.165) is 24.9 Å². The number of aromatic hydroxyl groups is 1. The fraction of sp³-hybridized carbons (Fsp3) is 0.409. The molecular weight excluding hydrogens is 324 g/mol. The first kappa shape index (κ1) is 17.1. The molecule has 2 aromatic rings. The van der Waals surface area contributed by atoms with Gasteiger partial charge in [-0.25, -0.2) is 0 Å². The summed E-state index contributed by atoms with van der Waals surface area (Å²) < 4.78 is 0. The number of amides is 1. The number of fused-ring (bicyclic) bond motifs is 4. The SMILES string of the molecule is CN1CC[C@@]2(C)c3cc(O)ccc3C[C@@H]1[C@H]2NC(=O)Cc1ccccc1. The van der Waals surface area contributed by atoms with Gasteiger partial charge in [0.05, 0.1) is 12.5 Å². The third-order valence-electron chi connectivity index (χ3n) is 6.28. The zero-order valence-electron chi connectivity index (χ0n) is 15.4. The number of piperidine rings is 1. The van der Waals surface area contributed by atoms with E-state index in [1.54, 1.807) is 6.07 Å². The Hall–Kier alpha value is -2.33. The average Bonchev–Trinajstić information content (AvgIpc) is 2.62. The van der Waals surface area contributed by atoms with Gasteiger partial charge in [0, 0.05) is 11.5 Å². The first-order chi connectivity index (χ1) is 12.5. The summed E-state index contributed by atoms with van der Waals surface area (Å²) in [4.78, 5) is 15.1. The predicted octanol–water partition coefficient (Wildman–Crippen LogP) is 2.64. The number of likely N-dealkylation sites (tertiary alicyclic amines) is 1. The van der Waals surface area contributed by atoms with E-state index in [2.05, 4.69) is 24.2 Å². The molecule has 1 fully saturated rings. The van der Waals surface area contributed by atoms with E-state index in [1.807, 2.05) is 42.5 Å². The van der Waals surface area contributed by atoms with E-state index in [0.29, 0.717) is 12.2 Å². The molecule has 0 aromatic heterocycles. The summed E-state index contributed by atoms with van der Waals surface area (Å²) in [6, 6.07) is 15.9. The fourth-order valence-electron chi connectivity index (χ4n) is 4.75. The Balaban J connectivity index is 1.63. The largest absolute Gasteiger partial charge is 0.508 e. The van der Waals surface area contributed by atoms with E-state index in [4.69, 9.17) is 0 Å². The van der Waals surface area contributed by atoms with Gasteiger partial charge in [0.25, 0.3) is 0 Å². The van der Waals surface area contributed by atoms with Crippen molar-refractivity contribution in [2.45, 2.75) is 43.7 Å². The first-order valence-electron chi connectivity index (χ1n) is 9.33. The van der Waals surface area contributed by atoms with Crippen molar-refractivity contribution in [2.24, 2.45) is 0 Å². The van der Waals surface area contributed by atoms with Crippen molar-refractivity contribution in [2.75, 3.05) is 13.6 Å². The standard InChI is InChI=1S/C22H26N2O2/c1-22-10-11-24(2)19(13-16-8-9-17(25)14-18(16)22)21(22)23-20(26)12-15-6-4-3-5-7-15/h3-9,14,19,21,25H,10-13H2,1-2H3,(H,23,26)/t19-,21-,22+/m1/s1. The average molecular weight is 350 g/mol. The molecule has 4 rings (SSSR count). The van der Waals surface area contributed by atoms with Crippen LogP contribution in [-0.2, 0) is 23.1 Å². The maximum Gasteiger partial charge on any atom is 0.224 e. The van der Waals surface area contributed by atoms with E-state index >= 15 is 0 Å². The summed E-state index contributed by atoms with van der Waals surface area (Å²) in [6.07, 6.45) is 2.27. The predicted molar refractivity (Wildman–Crippen MR) is 102 cm³/mol. The number of hydrogen-bond donors (Lipinski definition) is 2. The number of likely N-dealkylation sites (N-methyl/N-ethyl adjacent to an activating group) is 1. The van der Waals surface area contributed by atoms with Crippen molar-refractivity contribution >= 4 is 5.91 Å². The minimum absolute atomic E-state index is 0.0479. The van der Waals surface area contributed by atoms with Gasteiger partial charge < -0.3 is 15.3 Å². The molecule has 2 N–H and O–H groups in total. The highest BCUT2D eigenvalue weighted by molar-refractivity contribution is 5.79. The van der Waals surface area contributed by atoms with Crippen LogP contribution < -0.4 is 5.32 Å². The fourth-order valence-corrected chi connectivity index (χ4v) is 4.75. The lowest BCUT2D eigenvalue weighted by atomic mass is 9.61. The highest BCUT2D eigenvalue weighted by atomic mass is 16.3. The molecule has 0 spiro atoms. The zero-order valence-corrected chi connectivity index (χ0v) is 15.4. The Morgan fingerprint density at radius 3 is 2.81 bits per heavy atom. The van der Waals surface area contributed by atoms with Gasteiger partial charge in [-0.1, -0.05) is 43.3 Å². The van der Waals surface area contributed by atoms with Gasteiger partial charge in [0.1, 0.15) is 5.75 Å². The van der Waals surface area contributed by atoms with Crippen LogP contribution in [0.1, 0.15) is 30.0 Å². The van der Waals surface area contributed by atoms with Crippen LogP contribution >= 0.6 is 0 Å². The summed E-state index contributed by atoms with van der Waals surface area (Å²) in [5.41, 5.74) is 3.35. The monoisotopic (exact) mass is 350 g/mol. The molecule has 4 heteroatoms. The normalized spacial score (nSPS) is 27.6. The molecule has 3 atom stereocenters. The molecule has 2 bridgehead atoms. The number of carbonyl (C=O) groups is 1. The topological polar surface area (TPSA) is 52.6 Å². The smallest absolute Gasteiger partial charge is 0.224 e. The molecule has 1 aliphatic heterocycles. The molecule has 0 radical (unpaired) electrons. The molecule has 1 aliphatic carbocycles. The van der Waals surface area contributed by atoms with Gasteiger partial charge >= 0.3 is 0 Å². The third-order valence-corrected chi connectivity index (χ3v) is 6.28. The number of carbonyl (C=O) groups excluding carboxylic acids is 1. The summed E-state index contributed by atoms with van der Waals surface area (Å²) in [5.74, 6) is 0.369. The number of phenols is 1. The Morgan fingerprint density at radius 1 is 1.27 bits per heavy atom. The van der Waals surface area contributed by atoms with Crippen molar-refractivity contribution in [1.82, 2.24) is 10.2 Å². The van der Waals surface area contributed by atoms with E-state index in [9.17, 15) is 9.90 Å². The van der Waals surface area contributed by atoms with Crippen LogP contribution in [-0.4, -0.2) is 41.6 Å². The van der Waals surface area contributed by atoms with Crippen LogP contribution in [0.4, 0.5) is 0 Å². The van der Waals surface area contributed by atoms with Gasteiger partial charge in [-0.15, -0.1) is 0 Å². The van der Waals surface area contributed by atoms with E-state index in [-0.39, 0.29) is 23.4 Å². The summed E-state index contributed by atoms with van der Waals surface area (Å²) in [5, 5.41) is 13.4. The first-order valence-corrected chi connectivity index (χ1v) is 9.33. The van der Waals surface area contributed by atoms with Crippen LogP contribution in [0.5, 0.6) is 5.75 Å². The lowest BCUT2D eigenvalue weighted by Gasteiger charge is -2.54. The van der Waals surface area contributed by atoms with Gasteiger partial charge in [0.2, 0.25) is 5.91 Å². The molecule has 2 aromatic carbocycles. The van der Waals surface area contributed by atoms with Gasteiger partial charge in [-0.3, -0.25) is 4.79 Å². The second kappa shape index (κ2) is 6.44. The molecule has 26 heavy (non-hydrogen) atoms. The molecule has 1 heterocycles. The van der Waals surface area contributed by atoms with E-state index in [1.165, 1.54) is 11.1 Å². The highest BCUT2D eigenvalue weighted by Crippen LogP contribution is 2.45. The molecule has 0 unspecified atom stereocenters. The molecule has 1 amide bonds. The number of nitrogens with zero attached hydrogens (tertiary/aromatic N) is 1. The molecule has 0 saturated carbocycles.